The number of aromatic nitrogens is 4. The van der Waals surface area contributed by atoms with Crippen molar-refractivity contribution in [1.29, 1.82) is 0 Å². The second kappa shape index (κ2) is 12.6. The Balaban J connectivity index is 1.87. The lowest BCUT2D eigenvalue weighted by atomic mass is 10.0. The first-order valence-electron chi connectivity index (χ1n) is 15.1. The van der Waals surface area contributed by atoms with Crippen LogP contribution in [-0.4, -0.2) is 68.5 Å². The maximum absolute atomic E-state index is 15.7. The topological polar surface area (TPSA) is 105 Å². The van der Waals surface area contributed by atoms with Gasteiger partial charge in [0.05, 0.1) is 38.7 Å². The number of halogens is 2. The molecule has 1 aliphatic rings. The van der Waals surface area contributed by atoms with E-state index in [0.717, 1.165) is 5.56 Å². The number of piperazine rings is 1. The van der Waals surface area contributed by atoms with E-state index in [4.69, 9.17) is 16.6 Å². The van der Waals surface area contributed by atoms with Crippen molar-refractivity contribution in [3.63, 3.8) is 0 Å². The van der Waals surface area contributed by atoms with Crippen LogP contribution in [0.3, 0.4) is 0 Å². The lowest BCUT2D eigenvalue weighted by molar-refractivity contribution is -0.128. The van der Waals surface area contributed by atoms with Gasteiger partial charge in [-0.3, -0.25) is 14.6 Å². The number of carbonyl (C=O) groups excluding carboxylic acids is 2. The number of pyridine rings is 2. The number of fused-ring (bicyclic) bond motifs is 1. The summed E-state index contributed by atoms with van der Waals surface area (Å²) in [6, 6.07) is 7.41. The molecular formula is C34H37ClFN7O3. The average molecular weight is 646 g/mol. The van der Waals surface area contributed by atoms with Crippen molar-refractivity contribution in [2.75, 3.05) is 29.9 Å². The van der Waals surface area contributed by atoms with Crippen molar-refractivity contribution < 1.29 is 14.0 Å². The molecule has 2 atom stereocenters. The Kier molecular flexibility index (Phi) is 8.99. The molecule has 0 radical (unpaired) electrons. The van der Waals surface area contributed by atoms with Crippen molar-refractivity contribution in [2.45, 2.75) is 59.5 Å². The molecule has 3 aromatic heterocycles. The molecule has 5 rings (SSSR count). The average Bonchev–Trinajstić information content (AvgIpc) is 3.01. The molecule has 4 aromatic rings. The number of hydrogen-bond donors (Lipinski definition) is 0. The van der Waals surface area contributed by atoms with Gasteiger partial charge in [0, 0.05) is 45.3 Å². The van der Waals surface area contributed by atoms with Crippen molar-refractivity contribution in [1.82, 2.24) is 24.4 Å². The van der Waals surface area contributed by atoms with E-state index in [-0.39, 0.29) is 57.4 Å². The Bertz CT molecular complexity index is 1940. The van der Waals surface area contributed by atoms with E-state index in [9.17, 15) is 14.4 Å². The first-order valence-corrected chi connectivity index (χ1v) is 15.5. The van der Waals surface area contributed by atoms with Crippen LogP contribution in [0.5, 0.6) is 0 Å². The van der Waals surface area contributed by atoms with Gasteiger partial charge in [-0.05, 0) is 62.6 Å². The molecule has 4 heterocycles. The third-order valence-corrected chi connectivity index (χ3v) is 8.79. The molecule has 2 amide bonds. The minimum Gasteiger partial charge on any atom is -0.349 e. The van der Waals surface area contributed by atoms with Gasteiger partial charge >= 0.3 is 5.69 Å². The molecule has 0 saturated carbocycles. The van der Waals surface area contributed by atoms with Gasteiger partial charge in [0.2, 0.25) is 11.8 Å². The fraction of sp³-hybridized carbons (Fsp3) is 0.353. The zero-order chi connectivity index (χ0) is 33.6. The first kappa shape index (κ1) is 32.7. The molecule has 1 aromatic carbocycles. The van der Waals surface area contributed by atoms with Crippen LogP contribution in [0.2, 0.25) is 5.02 Å². The normalized spacial score (nSPS) is 16.7. The van der Waals surface area contributed by atoms with E-state index in [0.29, 0.717) is 35.7 Å². The predicted molar refractivity (Wildman–Crippen MR) is 179 cm³/mol. The number of amides is 2. The zero-order valence-electron chi connectivity index (χ0n) is 27.0. The summed E-state index contributed by atoms with van der Waals surface area (Å²) in [6.45, 7) is 15.5. The number of anilines is 2. The molecule has 1 fully saturated rings. The van der Waals surface area contributed by atoms with Gasteiger partial charge in [0.1, 0.15) is 11.6 Å². The van der Waals surface area contributed by atoms with E-state index in [2.05, 4.69) is 16.5 Å². The quantitative estimate of drug-likeness (QED) is 0.249. The molecule has 240 valence electrons. The molecule has 12 heteroatoms. The van der Waals surface area contributed by atoms with Gasteiger partial charge in [0.15, 0.2) is 5.65 Å². The molecule has 46 heavy (non-hydrogen) atoms. The summed E-state index contributed by atoms with van der Waals surface area (Å²) in [6.07, 6.45) is 2.98. The smallest absolute Gasteiger partial charge is 0.349 e. The molecule has 0 spiro atoms. The van der Waals surface area contributed by atoms with Gasteiger partial charge in [-0.15, -0.1) is 0 Å². The molecular weight excluding hydrogens is 609 g/mol. The minimum atomic E-state index is -0.631. The number of aryl methyl sites for hydroxylation is 1. The van der Waals surface area contributed by atoms with Gasteiger partial charge < -0.3 is 14.7 Å². The molecule has 1 aliphatic heterocycles. The van der Waals surface area contributed by atoms with E-state index in [1.165, 1.54) is 34.6 Å². The maximum Gasteiger partial charge on any atom is 0.355 e. The highest BCUT2D eigenvalue weighted by Crippen LogP contribution is 2.40. The Morgan fingerprint density at radius 2 is 1.87 bits per heavy atom. The number of benzene rings is 1. The van der Waals surface area contributed by atoms with Crippen molar-refractivity contribution in [3.8, 4) is 16.9 Å². The summed E-state index contributed by atoms with van der Waals surface area (Å²) in [5.41, 5.74) is 1.94. The van der Waals surface area contributed by atoms with Crippen LogP contribution >= 0.6 is 11.6 Å². The number of carbonyl (C=O) groups is 2. The van der Waals surface area contributed by atoms with E-state index in [1.807, 2.05) is 39.5 Å². The zero-order valence-corrected chi connectivity index (χ0v) is 27.8. The maximum atomic E-state index is 15.7. The Morgan fingerprint density at radius 1 is 1.15 bits per heavy atom. The van der Waals surface area contributed by atoms with Crippen LogP contribution in [0.1, 0.15) is 51.8 Å². The molecule has 0 bridgehead atoms. The largest absolute Gasteiger partial charge is 0.355 e. The summed E-state index contributed by atoms with van der Waals surface area (Å²) in [5.74, 6) is -0.817. The first-order chi connectivity index (χ1) is 21.8. The summed E-state index contributed by atoms with van der Waals surface area (Å²) < 4.78 is 17.1. The van der Waals surface area contributed by atoms with Crippen LogP contribution in [0, 0.1) is 12.7 Å². The Morgan fingerprint density at radius 3 is 2.52 bits per heavy atom. The summed E-state index contributed by atoms with van der Waals surface area (Å²) in [5, 5.41) is 0.573. The van der Waals surface area contributed by atoms with E-state index >= 15 is 4.39 Å². The standard InChI is InChI=1S/C34H37ClFN7O3/c1-9-27(45)41-16-21(6)42(17-20(41)5)32-23-15-24(35)30(28-25(36)11-10-12-26(28)40(8)22(7)44)38-33(23)43(34(46)39-32)31-19(4)13-14-37-29(31)18(2)3/h9-15,18,20-21H,1,16-17H2,2-8H3/t20-,21+/m1/s1. The van der Waals surface area contributed by atoms with Gasteiger partial charge in [-0.1, -0.05) is 38.1 Å². The van der Waals surface area contributed by atoms with E-state index < -0.39 is 11.5 Å². The van der Waals surface area contributed by atoms with Crippen LogP contribution in [0.4, 0.5) is 15.9 Å². The Labute approximate surface area is 272 Å². The lowest BCUT2D eigenvalue weighted by Gasteiger charge is -2.44. The Hall–Kier alpha value is -4.64. The van der Waals surface area contributed by atoms with Gasteiger partial charge in [-0.25, -0.2) is 18.7 Å². The molecule has 1 saturated heterocycles. The monoisotopic (exact) mass is 645 g/mol. The molecule has 0 N–H and O–H groups in total. The SMILES string of the molecule is C=CC(=O)N1C[C@H](C)N(c2nc(=O)n(-c3c(C)ccnc3C(C)C)c3nc(-c4c(F)cccc4N(C)C(C)=O)c(Cl)cc23)C[C@H]1C. The minimum absolute atomic E-state index is 0.0231. The number of rotatable bonds is 6. The van der Waals surface area contributed by atoms with E-state index in [1.54, 1.807) is 36.3 Å². The number of hydrogen-bond acceptors (Lipinski definition) is 7. The molecule has 0 aliphatic carbocycles. The summed E-state index contributed by atoms with van der Waals surface area (Å²) in [4.78, 5) is 58.3. The lowest BCUT2D eigenvalue weighted by Crippen LogP contribution is -2.58. The fourth-order valence-electron chi connectivity index (χ4n) is 6.03. The van der Waals surface area contributed by atoms with Crippen LogP contribution in [0.15, 0.2) is 54.0 Å². The second-order valence-electron chi connectivity index (χ2n) is 12.0. The summed E-state index contributed by atoms with van der Waals surface area (Å²) in [7, 11) is 1.54. The third kappa shape index (κ3) is 5.64. The molecule has 10 nitrogen and oxygen atoms in total. The second-order valence-corrected chi connectivity index (χ2v) is 12.4. The van der Waals surface area contributed by atoms with Gasteiger partial charge in [0.25, 0.3) is 0 Å². The van der Waals surface area contributed by atoms with Crippen LogP contribution in [0.25, 0.3) is 28.0 Å². The predicted octanol–water partition coefficient (Wildman–Crippen LogP) is 5.66. The van der Waals surface area contributed by atoms with Crippen molar-refractivity contribution in [2.24, 2.45) is 0 Å². The highest BCUT2D eigenvalue weighted by Gasteiger charge is 2.34. The highest BCUT2D eigenvalue weighted by molar-refractivity contribution is 6.34. The fourth-order valence-corrected chi connectivity index (χ4v) is 6.27. The van der Waals surface area contributed by atoms with Gasteiger partial charge in [-0.2, -0.15) is 4.98 Å². The number of nitrogens with zero attached hydrogens (tertiary/aromatic N) is 7. The highest BCUT2D eigenvalue weighted by atomic mass is 35.5. The van der Waals surface area contributed by atoms with Crippen molar-refractivity contribution in [3.05, 3.63) is 81.8 Å². The molecule has 0 unspecified atom stereocenters. The third-order valence-electron chi connectivity index (χ3n) is 8.50. The van der Waals surface area contributed by atoms with Crippen LogP contribution < -0.4 is 15.5 Å². The van der Waals surface area contributed by atoms with Crippen LogP contribution in [-0.2, 0) is 9.59 Å². The van der Waals surface area contributed by atoms with Crippen molar-refractivity contribution >= 4 is 46.0 Å². The summed E-state index contributed by atoms with van der Waals surface area (Å²) >= 11 is 6.93.